The van der Waals surface area contributed by atoms with Crippen LogP contribution in [0.2, 0.25) is 0 Å². The van der Waals surface area contributed by atoms with Crippen LogP contribution < -0.4 is 10.6 Å². The van der Waals surface area contributed by atoms with Crippen LogP contribution in [0.1, 0.15) is 38.7 Å². The zero-order valence-corrected chi connectivity index (χ0v) is 14.5. The third-order valence-electron chi connectivity index (χ3n) is 5.66. The van der Waals surface area contributed by atoms with Gasteiger partial charge in [0.1, 0.15) is 5.54 Å². The number of carbonyl (C=O) groups excluding carboxylic acids is 2. The summed E-state index contributed by atoms with van der Waals surface area (Å²) in [5.74, 6) is -0.0202. The molecule has 2 saturated heterocycles. The van der Waals surface area contributed by atoms with Gasteiger partial charge >= 0.3 is 6.03 Å². The number of piperidine rings is 1. The topological polar surface area (TPSA) is 61.4 Å². The molecule has 2 aliphatic heterocycles. The molecule has 2 aliphatic rings. The molecule has 0 radical (unpaired) electrons. The van der Waals surface area contributed by atoms with E-state index in [1.54, 1.807) is 0 Å². The lowest BCUT2D eigenvalue weighted by Crippen LogP contribution is -2.56. The summed E-state index contributed by atoms with van der Waals surface area (Å²) in [5, 5.41) is 5.23. The molecule has 3 amide bonds. The normalized spacial score (nSPS) is 29.2. The SMILES string of the molecule is C[C@H](CCc1ccccc1)N1CCC[C@H]([C@@]2(C)NC(=O)NC2=O)C1. The van der Waals surface area contributed by atoms with Crippen LogP contribution >= 0.6 is 0 Å². The monoisotopic (exact) mass is 329 g/mol. The molecule has 3 atom stereocenters. The molecular weight excluding hydrogens is 302 g/mol. The number of amides is 3. The first-order valence-corrected chi connectivity index (χ1v) is 8.90. The number of likely N-dealkylation sites (tertiary alicyclic amines) is 1. The molecule has 0 aliphatic carbocycles. The third-order valence-corrected chi connectivity index (χ3v) is 5.66. The average Bonchev–Trinajstić information content (AvgIpc) is 2.87. The summed E-state index contributed by atoms with van der Waals surface area (Å²) in [6.07, 6.45) is 4.22. The van der Waals surface area contributed by atoms with Crippen LogP contribution in [0, 0.1) is 5.92 Å². The number of imide groups is 1. The van der Waals surface area contributed by atoms with Gasteiger partial charge in [0.2, 0.25) is 0 Å². The van der Waals surface area contributed by atoms with Crippen LogP contribution in [0.4, 0.5) is 4.79 Å². The summed E-state index contributed by atoms with van der Waals surface area (Å²) in [6.45, 7) is 6.05. The fraction of sp³-hybridized carbons (Fsp3) is 0.579. The predicted octanol–water partition coefficient (Wildman–Crippen LogP) is 2.32. The van der Waals surface area contributed by atoms with Crippen LogP contribution in [0.15, 0.2) is 30.3 Å². The quantitative estimate of drug-likeness (QED) is 0.815. The molecule has 2 fully saturated rings. The Bertz CT molecular complexity index is 604. The van der Waals surface area contributed by atoms with Gasteiger partial charge < -0.3 is 10.2 Å². The van der Waals surface area contributed by atoms with E-state index in [1.807, 2.05) is 13.0 Å². The summed E-state index contributed by atoms with van der Waals surface area (Å²) in [7, 11) is 0. The van der Waals surface area contributed by atoms with Crippen molar-refractivity contribution < 1.29 is 9.59 Å². The van der Waals surface area contributed by atoms with Gasteiger partial charge in [-0.05, 0) is 51.6 Å². The molecule has 0 bridgehead atoms. The first-order chi connectivity index (χ1) is 11.5. The molecule has 2 heterocycles. The smallest absolute Gasteiger partial charge is 0.322 e. The summed E-state index contributed by atoms with van der Waals surface area (Å²) in [4.78, 5) is 26.2. The second-order valence-corrected chi connectivity index (χ2v) is 7.32. The maximum atomic E-state index is 12.2. The average molecular weight is 329 g/mol. The Morgan fingerprint density at radius 2 is 2.04 bits per heavy atom. The van der Waals surface area contributed by atoms with Gasteiger partial charge in [0.25, 0.3) is 5.91 Å². The molecule has 0 aromatic heterocycles. The predicted molar refractivity (Wildman–Crippen MR) is 93.6 cm³/mol. The van der Waals surface area contributed by atoms with Crippen LogP contribution in [0.25, 0.3) is 0 Å². The van der Waals surface area contributed by atoms with E-state index in [4.69, 9.17) is 0 Å². The van der Waals surface area contributed by atoms with Crippen molar-refractivity contribution in [2.24, 2.45) is 5.92 Å². The minimum atomic E-state index is -0.769. The number of rotatable bonds is 5. The molecule has 0 unspecified atom stereocenters. The summed E-state index contributed by atoms with van der Waals surface area (Å²) >= 11 is 0. The van der Waals surface area contributed by atoms with Gasteiger partial charge in [-0.15, -0.1) is 0 Å². The van der Waals surface area contributed by atoms with Gasteiger partial charge in [-0.25, -0.2) is 4.79 Å². The van der Waals surface area contributed by atoms with E-state index in [0.717, 1.165) is 38.8 Å². The van der Waals surface area contributed by atoms with Crippen LogP contribution in [0.5, 0.6) is 0 Å². The van der Waals surface area contributed by atoms with Crippen molar-refractivity contribution >= 4 is 11.9 Å². The lowest BCUT2D eigenvalue weighted by atomic mass is 9.79. The van der Waals surface area contributed by atoms with Crippen molar-refractivity contribution in [3.05, 3.63) is 35.9 Å². The Kier molecular flexibility index (Phi) is 4.90. The van der Waals surface area contributed by atoms with Crippen molar-refractivity contribution in [2.45, 2.75) is 51.1 Å². The summed E-state index contributed by atoms with van der Waals surface area (Å²) < 4.78 is 0. The maximum Gasteiger partial charge on any atom is 0.322 e. The van der Waals surface area contributed by atoms with E-state index in [-0.39, 0.29) is 17.9 Å². The molecule has 3 rings (SSSR count). The molecule has 5 nitrogen and oxygen atoms in total. The Labute approximate surface area is 143 Å². The van der Waals surface area contributed by atoms with E-state index in [1.165, 1.54) is 5.56 Å². The number of hydrogen-bond acceptors (Lipinski definition) is 3. The second-order valence-electron chi connectivity index (χ2n) is 7.32. The zero-order chi connectivity index (χ0) is 17.2. The molecule has 2 N–H and O–H groups in total. The standard InChI is InChI=1S/C19H27N3O2/c1-14(10-11-15-7-4-3-5-8-15)22-12-6-9-16(13-22)19(2)17(23)20-18(24)21-19/h3-5,7-8,14,16H,6,9-13H2,1-2H3,(H2,20,21,23,24)/t14-,16+,19-/m1/s1. The minimum Gasteiger partial charge on any atom is -0.323 e. The zero-order valence-electron chi connectivity index (χ0n) is 14.5. The molecule has 5 heteroatoms. The molecular formula is C19H27N3O2. The van der Waals surface area contributed by atoms with Gasteiger partial charge in [0.15, 0.2) is 0 Å². The van der Waals surface area contributed by atoms with Gasteiger partial charge in [-0.2, -0.15) is 0 Å². The van der Waals surface area contributed by atoms with Crippen LogP contribution in [-0.2, 0) is 11.2 Å². The molecule has 0 saturated carbocycles. The van der Waals surface area contributed by atoms with Crippen molar-refractivity contribution in [3.8, 4) is 0 Å². The lowest BCUT2D eigenvalue weighted by Gasteiger charge is -2.42. The minimum absolute atomic E-state index is 0.164. The second kappa shape index (κ2) is 6.93. The number of carbonyl (C=O) groups is 2. The van der Waals surface area contributed by atoms with Crippen molar-refractivity contribution in [2.75, 3.05) is 13.1 Å². The summed E-state index contributed by atoms with van der Waals surface area (Å²) in [6, 6.07) is 10.7. The van der Waals surface area contributed by atoms with Crippen LogP contribution in [0.3, 0.4) is 0 Å². The Morgan fingerprint density at radius 3 is 2.71 bits per heavy atom. The van der Waals surface area contributed by atoms with Crippen molar-refractivity contribution in [1.82, 2.24) is 15.5 Å². The first kappa shape index (κ1) is 17.0. The Hall–Kier alpha value is -1.88. The van der Waals surface area contributed by atoms with Crippen LogP contribution in [-0.4, -0.2) is 41.5 Å². The highest BCUT2D eigenvalue weighted by Crippen LogP contribution is 2.31. The molecule has 0 spiro atoms. The van der Waals surface area contributed by atoms with Gasteiger partial charge in [-0.1, -0.05) is 30.3 Å². The highest BCUT2D eigenvalue weighted by atomic mass is 16.2. The van der Waals surface area contributed by atoms with Gasteiger partial charge in [0.05, 0.1) is 0 Å². The number of nitrogens with zero attached hydrogens (tertiary/aromatic N) is 1. The molecule has 1 aromatic rings. The molecule has 130 valence electrons. The Morgan fingerprint density at radius 1 is 1.29 bits per heavy atom. The van der Waals surface area contributed by atoms with E-state index < -0.39 is 5.54 Å². The molecule has 24 heavy (non-hydrogen) atoms. The lowest BCUT2D eigenvalue weighted by molar-refractivity contribution is -0.126. The highest BCUT2D eigenvalue weighted by Gasteiger charge is 2.49. The van der Waals surface area contributed by atoms with Crippen molar-refractivity contribution in [3.63, 3.8) is 0 Å². The number of benzene rings is 1. The fourth-order valence-electron chi connectivity index (χ4n) is 3.93. The maximum absolute atomic E-state index is 12.2. The number of hydrogen-bond donors (Lipinski definition) is 2. The van der Waals surface area contributed by atoms with Gasteiger partial charge in [-0.3, -0.25) is 10.1 Å². The fourth-order valence-corrected chi connectivity index (χ4v) is 3.93. The number of aryl methyl sites for hydroxylation is 1. The first-order valence-electron chi connectivity index (χ1n) is 8.90. The van der Waals surface area contributed by atoms with E-state index in [2.05, 4.69) is 46.7 Å². The largest absolute Gasteiger partial charge is 0.323 e. The van der Waals surface area contributed by atoms with Gasteiger partial charge in [0, 0.05) is 18.5 Å². The summed E-state index contributed by atoms with van der Waals surface area (Å²) in [5.41, 5.74) is 0.599. The molecule has 1 aromatic carbocycles. The third kappa shape index (κ3) is 3.46. The Balaban J connectivity index is 1.59. The van der Waals surface area contributed by atoms with Crippen molar-refractivity contribution in [1.29, 1.82) is 0 Å². The number of nitrogens with one attached hydrogen (secondary N) is 2. The van der Waals surface area contributed by atoms with E-state index >= 15 is 0 Å². The highest BCUT2D eigenvalue weighted by molar-refractivity contribution is 6.06. The number of urea groups is 1. The van der Waals surface area contributed by atoms with E-state index in [0.29, 0.717) is 6.04 Å². The van der Waals surface area contributed by atoms with E-state index in [9.17, 15) is 9.59 Å².